The fourth-order valence-electron chi connectivity index (χ4n) is 4.20. The second-order valence-electron chi connectivity index (χ2n) is 8.27. The molecule has 0 bridgehead atoms. The van der Waals surface area contributed by atoms with E-state index in [4.69, 9.17) is 0 Å². The molecule has 1 saturated carbocycles. The Morgan fingerprint density at radius 2 is 1.80 bits per heavy atom. The van der Waals surface area contributed by atoms with Crippen LogP contribution in [0.2, 0.25) is 0 Å². The number of hydrogen-bond donors (Lipinski definition) is 2. The number of piperidine rings is 1. The van der Waals surface area contributed by atoms with Gasteiger partial charge in [0, 0.05) is 36.5 Å². The Bertz CT molecular complexity index is 770. The van der Waals surface area contributed by atoms with E-state index in [0.29, 0.717) is 30.5 Å². The number of likely N-dealkylation sites (tertiary alicyclic amines) is 1. The summed E-state index contributed by atoms with van der Waals surface area (Å²) in [7, 11) is 0. The van der Waals surface area contributed by atoms with E-state index in [-0.39, 0.29) is 28.8 Å². The van der Waals surface area contributed by atoms with Gasteiger partial charge in [-0.15, -0.1) is 0 Å². The number of rotatable bonds is 3. The van der Waals surface area contributed by atoms with Gasteiger partial charge >= 0.3 is 0 Å². The van der Waals surface area contributed by atoms with Crippen LogP contribution >= 0.6 is 0 Å². The number of hydrogen-bond acceptors (Lipinski definition) is 3. The summed E-state index contributed by atoms with van der Waals surface area (Å²) in [6.45, 7) is 5.34. The van der Waals surface area contributed by atoms with Crippen molar-refractivity contribution >= 4 is 11.8 Å². The number of carbonyl (C=O) groups excluding carboxylic acids is 2. The van der Waals surface area contributed by atoms with Crippen LogP contribution in [-0.4, -0.2) is 40.8 Å². The van der Waals surface area contributed by atoms with Crippen LogP contribution in [0.1, 0.15) is 61.5 Å². The minimum atomic E-state index is -0.303. The zero-order chi connectivity index (χ0) is 17.8. The van der Waals surface area contributed by atoms with Crippen LogP contribution in [0.4, 0.5) is 0 Å². The summed E-state index contributed by atoms with van der Waals surface area (Å²) in [5.41, 5.74) is 0.899. The third-order valence-electron chi connectivity index (χ3n) is 6.08. The van der Waals surface area contributed by atoms with E-state index in [9.17, 15) is 14.4 Å². The predicted octanol–water partition coefficient (Wildman–Crippen LogP) is 1.63. The van der Waals surface area contributed by atoms with Crippen molar-refractivity contribution in [1.82, 2.24) is 15.2 Å². The number of aromatic nitrogens is 1. The van der Waals surface area contributed by atoms with Crippen LogP contribution < -0.4 is 10.9 Å². The van der Waals surface area contributed by atoms with Gasteiger partial charge in [0.25, 0.3) is 5.91 Å². The Balaban J connectivity index is 1.42. The second-order valence-corrected chi connectivity index (χ2v) is 8.27. The molecule has 3 heterocycles. The summed E-state index contributed by atoms with van der Waals surface area (Å²) >= 11 is 0. The summed E-state index contributed by atoms with van der Waals surface area (Å²) in [6, 6.07) is 3.47. The summed E-state index contributed by atoms with van der Waals surface area (Å²) in [4.78, 5) is 41.0. The molecule has 1 aromatic rings. The molecular formula is C19H25N3O3. The fourth-order valence-corrected chi connectivity index (χ4v) is 4.20. The molecular weight excluding hydrogens is 318 g/mol. The minimum absolute atomic E-state index is 0.0524. The topological polar surface area (TPSA) is 82.3 Å². The highest BCUT2D eigenvalue weighted by atomic mass is 16.2. The van der Waals surface area contributed by atoms with Crippen LogP contribution in [0.3, 0.4) is 0 Å². The lowest BCUT2D eigenvalue weighted by Gasteiger charge is -2.50. The van der Waals surface area contributed by atoms with Gasteiger partial charge in [-0.25, -0.2) is 0 Å². The maximum atomic E-state index is 12.8. The third kappa shape index (κ3) is 2.87. The Kier molecular flexibility index (Phi) is 3.74. The van der Waals surface area contributed by atoms with E-state index in [0.717, 1.165) is 31.4 Å². The Labute approximate surface area is 147 Å². The molecule has 4 rings (SSSR count). The molecule has 3 fully saturated rings. The van der Waals surface area contributed by atoms with E-state index < -0.39 is 0 Å². The number of carbonyl (C=O) groups is 2. The molecule has 1 aromatic heterocycles. The number of aromatic amines is 1. The molecule has 0 aromatic carbocycles. The molecule has 134 valence electrons. The second kappa shape index (κ2) is 5.71. The van der Waals surface area contributed by atoms with Crippen LogP contribution in [0.25, 0.3) is 0 Å². The van der Waals surface area contributed by atoms with E-state index in [1.807, 2.05) is 24.8 Å². The Hall–Kier alpha value is -2.11. The van der Waals surface area contributed by atoms with Gasteiger partial charge in [-0.3, -0.25) is 14.4 Å². The van der Waals surface area contributed by atoms with E-state index in [1.54, 1.807) is 0 Å². The summed E-state index contributed by atoms with van der Waals surface area (Å²) in [5, 5.41) is 3.02. The molecule has 6 nitrogen and oxygen atoms in total. The normalized spacial score (nSPS) is 26.1. The van der Waals surface area contributed by atoms with Crippen molar-refractivity contribution in [1.29, 1.82) is 0 Å². The molecule has 2 saturated heterocycles. The molecule has 2 aliphatic heterocycles. The van der Waals surface area contributed by atoms with Gasteiger partial charge in [0.05, 0.1) is 5.41 Å². The van der Waals surface area contributed by atoms with Gasteiger partial charge in [0.2, 0.25) is 11.5 Å². The lowest BCUT2D eigenvalue weighted by molar-refractivity contribution is -0.146. The highest BCUT2D eigenvalue weighted by Gasteiger charge is 2.51. The van der Waals surface area contributed by atoms with Crippen molar-refractivity contribution in [2.45, 2.75) is 51.5 Å². The fraction of sp³-hybridized carbons (Fsp3) is 0.632. The lowest BCUT2D eigenvalue weighted by Crippen LogP contribution is -2.68. The minimum Gasteiger partial charge on any atom is -0.351 e. The van der Waals surface area contributed by atoms with Crippen LogP contribution in [-0.2, 0) is 4.79 Å². The summed E-state index contributed by atoms with van der Waals surface area (Å²) in [6.07, 6.45) is 3.95. The first-order chi connectivity index (χ1) is 11.9. The van der Waals surface area contributed by atoms with Crippen LogP contribution in [0.5, 0.6) is 0 Å². The van der Waals surface area contributed by atoms with E-state index >= 15 is 0 Å². The summed E-state index contributed by atoms with van der Waals surface area (Å²) in [5.74, 6) is 0.893. The van der Waals surface area contributed by atoms with Crippen molar-refractivity contribution < 1.29 is 9.59 Å². The van der Waals surface area contributed by atoms with Crippen molar-refractivity contribution in [3.05, 3.63) is 33.7 Å². The molecule has 1 atom stereocenters. The largest absolute Gasteiger partial charge is 0.351 e. The highest BCUT2D eigenvalue weighted by Crippen LogP contribution is 2.40. The molecule has 1 unspecified atom stereocenters. The molecule has 1 aliphatic carbocycles. The zero-order valence-corrected chi connectivity index (χ0v) is 14.8. The SMILES string of the molecule is CC1(C)C(=O)NC1C1CCN(C(=O)c2cc(C3CC3)[nH]c(=O)c2)CC1. The maximum Gasteiger partial charge on any atom is 0.254 e. The molecule has 2 N–H and O–H groups in total. The first-order valence-corrected chi connectivity index (χ1v) is 9.21. The Morgan fingerprint density at radius 3 is 2.36 bits per heavy atom. The van der Waals surface area contributed by atoms with Gasteiger partial charge in [-0.2, -0.15) is 0 Å². The van der Waals surface area contributed by atoms with Gasteiger partial charge in [0.15, 0.2) is 0 Å². The Morgan fingerprint density at radius 1 is 1.12 bits per heavy atom. The van der Waals surface area contributed by atoms with Crippen LogP contribution in [0.15, 0.2) is 16.9 Å². The lowest BCUT2D eigenvalue weighted by atomic mass is 9.68. The van der Waals surface area contributed by atoms with Gasteiger partial charge in [-0.05, 0) is 57.4 Å². The van der Waals surface area contributed by atoms with Gasteiger partial charge in [-0.1, -0.05) is 0 Å². The first-order valence-electron chi connectivity index (χ1n) is 9.21. The van der Waals surface area contributed by atoms with Crippen LogP contribution in [0, 0.1) is 11.3 Å². The molecule has 2 amide bonds. The molecule has 3 aliphatic rings. The number of β-lactam (4-membered cyclic amide) rings is 1. The van der Waals surface area contributed by atoms with Gasteiger partial charge < -0.3 is 15.2 Å². The first kappa shape index (κ1) is 16.4. The average molecular weight is 343 g/mol. The number of nitrogens with one attached hydrogen (secondary N) is 2. The highest BCUT2D eigenvalue weighted by molar-refractivity contribution is 5.94. The van der Waals surface area contributed by atoms with Crippen molar-refractivity contribution in [2.75, 3.05) is 13.1 Å². The molecule has 25 heavy (non-hydrogen) atoms. The monoisotopic (exact) mass is 343 g/mol. The maximum absolute atomic E-state index is 12.8. The quantitative estimate of drug-likeness (QED) is 0.819. The standard InChI is InChI=1S/C19H25N3O3/c1-19(2)16(21-18(19)25)12-5-7-22(8-6-12)17(24)13-9-14(11-3-4-11)20-15(23)10-13/h9-12,16H,3-8H2,1-2H3,(H,20,23)(H,21,25). The smallest absolute Gasteiger partial charge is 0.254 e. The van der Waals surface area contributed by atoms with Crippen molar-refractivity contribution in [2.24, 2.45) is 11.3 Å². The number of amides is 2. The molecule has 6 heteroatoms. The van der Waals surface area contributed by atoms with E-state index in [1.165, 1.54) is 6.07 Å². The average Bonchev–Trinajstić information content (AvgIpc) is 3.44. The number of pyridine rings is 1. The molecule has 0 radical (unpaired) electrons. The predicted molar refractivity (Wildman–Crippen MR) is 93.4 cm³/mol. The number of H-pyrrole nitrogens is 1. The van der Waals surface area contributed by atoms with Crippen molar-refractivity contribution in [3.8, 4) is 0 Å². The third-order valence-corrected chi connectivity index (χ3v) is 6.08. The number of nitrogens with zero attached hydrogens (tertiary/aromatic N) is 1. The van der Waals surface area contributed by atoms with Crippen molar-refractivity contribution in [3.63, 3.8) is 0 Å². The zero-order valence-electron chi connectivity index (χ0n) is 14.8. The van der Waals surface area contributed by atoms with Gasteiger partial charge in [0.1, 0.15) is 0 Å². The summed E-state index contributed by atoms with van der Waals surface area (Å²) < 4.78 is 0. The van der Waals surface area contributed by atoms with E-state index in [2.05, 4.69) is 10.3 Å². The molecule has 0 spiro atoms.